The fourth-order valence-electron chi connectivity index (χ4n) is 2.05. The van der Waals surface area contributed by atoms with Crippen LogP contribution in [0.15, 0.2) is 15.0 Å². The molecule has 0 saturated carbocycles. The van der Waals surface area contributed by atoms with E-state index in [1.807, 2.05) is 12.3 Å². The van der Waals surface area contributed by atoms with Crippen molar-refractivity contribution in [2.45, 2.75) is 33.4 Å². The Morgan fingerprint density at radius 2 is 2.06 bits per heavy atom. The summed E-state index contributed by atoms with van der Waals surface area (Å²) in [5.74, 6) is 0. The van der Waals surface area contributed by atoms with Crippen LogP contribution < -0.4 is 11.2 Å². The van der Waals surface area contributed by atoms with E-state index in [0.29, 0.717) is 10.2 Å². The van der Waals surface area contributed by atoms with E-state index in [0.717, 1.165) is 5.56 Å². The monoisotopic (exact) mass is 270 g/mol. The molecular formula is C12H15FN2O2S. The minimum Gasteiger partial charge on any atom is -0.282 e. The van der Waals surface area contributed by atoms with Gasteiger partial charge in [0.25, 0.3) is 5.56 Å². The van der Waals surface area contributed by atoms with Crippen molar-refractivity contribution in [1.29, 1.82) is 0 Å². The van der Waals surface area contributed by atoms with Crippen LogP contribution in [0.2, 0.25) is 0 Å². The highest BCUT2D eigenvalue weighted by Gasteiger charge is 2.17. The zero-order valence-electron chi connectivity index (χ0n) is 10.6. The topological polar surface area (TPSA) is 44.0 Å². The number of nitrogens with zero attached hydrogens (tertiary/aromatic N) is 2. The summed E-state index contributed by atoms with van der Waals surface area (Å²) in [6.07, 6.45) is 0. The van der Waals surface area contributed by atoms with Crippen LogP contribution in [0, 0.1) is 6.92 Å². The molecule has 0 aliphatic heterocycles. The largest absolute Gasteiger partial charge is 0.332 e. The van der Waals surface area contributed by atoms with Crippen molar-refractivity contribution in [3.63, 3.8) is 0 Å². The van der Waals surface area contributed by atoms with Crippen molar-refractivity contribution < 1.29 is 4.39 Å². The van der Waals surface area contributed by atoms with Crippen LogP contribution in [0.25, 0.3) is 10.2 Å². The average molecular weight is 270 g/mol. The highest BCUT2D eigenvalue weighted by atomic mass is 32.1. The van der Waals surface area contributed by atoms with Gasteiger partial charge in [0.15, 0.2) is 0 Å². The molecule has 0 fully saturated rings. The maximum absolute atomic E-state index is 12.6. The van der Waals surface area contributed by atoms with Gasteiger partial charge in [-0.3, -0.25) is 13.9 Å². The standard InChI is InChI=1S/C12H15FN2O2S/c1-7(2)15-10(16)9-8(3)6-18-11(9)14(5-4-13)12(15)17/h6-7H,4-5H2,1-3H3. The van der Waals surface area contributed by atoms with E-state index in [1.54, 1.807) is 13.8 Å². The fraction of sp³-hybridized carbons (Fsp3) is 0.500. The Hall–Kier alpha value is -1.43. The summed E-state index contributed by atoms with van der Waals surface area (Å²) in [5.41, 5.74) is 0.128. The van der Waals surface area contributed by atoms with Gasteiger partial charge in [-0.15, -0.1) is 11.3 Å². The van der Waals surface area contributed by atoms with Crippen LogP contribution in [0.3, 0.4) is 0 Å². The second-order valence-electron chi connectivity index (χ2n) is 4.49. The molecule has 0 spiro atoms. The molecule has 2 aromatic rings. The van der Waals surface area contributed by atoms with E-state index in [2.05, 4.69) is 0 Å². The van der Waals surface area contributed by atoms with Crippen LogP contribution in [0.4, 0.5) is 4.39 Å². The maximum Gasteiger partial charge on any atom is 0.332 e. The molecule has 2 aromatic heterocycles. The molecule has 0 aromatic carbocycles. The predicted octanol–water partition coefficient (Wildman–Crippen LogP) is 2.08. The first-order valence-corrected chi connectivity index (χ1v) is 6.66. The molecule has 0 bridgehead atoms. The smallest absolute Gasteiger partial charge is 0.282 e. The Morgan fingerprint density at radius 3 is 2.61 bits per heavy atom. The first-order chi connectivity index (χ1) is 8.49. The molecule has 0 unspecified atom stereocenters. The summed E-state index contributed by atoms with van der Waals surface area (Å²) in [5, 5.41) is 2.35. The van der Waals surface area contributed by atoms with Crippen LogP contribution in [0.1, 0.15) is 25.5 Å². The molecule has 98 valence electrons. The second-order valence-corrected chi connectivity index (χ2v) is 5.35. The number of aromatic nitrogens is 2. The highest BCUT2D eigenvalue weighted by molar-refractivity contribution is 7.17. The minimum atomic E-state index is -0.623. The summed E-state index contributed by atoms with van der Waals surface area (Å²) < 4.78 is 15.1. The highest BCUT2D eigenvalue weighted by Crippen LogP contribution is 2.21. The summed E-state index contributed by atoms with van der Waals surface area (Å²) in [4.78, 5) is 25.1. The summed E-state index contributed by atoms with van der Waals surface area (Å²) in [7, 11) is 0. The molecule has 18 heavy (non-hydrogen) atoms. The molecule has 2 heterocycles. The van der Waals surface area contributed by atoms with Gasteiger partial charge in [0.1, 0.15) is 11.5 Å². The second kappa shape index (κ2) is 4.68. The molecule has 0 atom stereocenters. The lowest BCUT2D eigenvalue weighted by Crippen LogP contribution is -2.41. The van der Waals surface area contributed by atoms with Gasteiger partial charge < -0.3 is 0 Å². The van der Waals surface area contributed by atoms with Crippen molar-refractivity contribution in [1.82, 2.24) is 9.13 Å². The minimum absolute atomic E-state index is 0.0116. The Bertz CT molecular complexity index is 696. The zero-order valence-corrected chi connectivity index (χ0v) is 11.4. The molecule has 2 rings (SSSR count). The number of hydrogen-bond donors (Lipinski definition) is 0. The lowest BCUT2D eigenvalue weighted by molar-refractivity contribution is 0.429. The Labute approximate surface area is 107 Å². The SMILES string of the molecule is Cc1csc2c1c(=O)n(C(C)C)c(=O)n2CCF. The van der Waals surface area contributed by atoms with Crippen molar-refractivity contribution >= 4 is 21.6 Å². The predicted molar refractivity (Wildman–Crippen MR) is 71.4 cm³/mol. The van der Waals surface area contributed by atoms with E-state index in [-0.39, 0.29) is 18.1 Å². The molecule has 6 heteroatoms. The molecule has 0 aliphatic carbocycles. The van der Waals surface area contributed by atoms with E-state index < -0.39 is 12.4 Å². The molecule has 0 aliphatic rings. The Kier molecular flexibility index (Phi) is 3.38. The third kappa shape index (κ3) is 1.80. The Balaban J connectivity index is 2.99. The van der Waals surface area contributed by atoms with Gasteiger partial charge in [-0.25, -0.2) is 9.18 Å². The first-order valence-electron chi connectivity index (χ1n) is 5.78. The number of aryl methyl sites for hydroxylation is 2. The zero-order chi connectivity index (χ0) is 13.4. The molecule has 4 nitrogen and oxygen atoms in total. The van der Waals surface area contributed by atoms with Crippen molar-refractivity contribution in [3.8, 4) is 0 Å². The van der Waals surface area contributed by atoms with Gasteiger partial charge in [0, 0.05) is 6.04 Å². The molecule has 0 saturated heterocycles. The van der Waals surface area contributed by atoms with E-state index in [4.69, 9.17) is 0 Å². The van der Waals surface area contributed by atoms with Crippen LogP contribution in [-0.2, 0) is 6.54 Å². The summed E-state index contributed by atoms with van der Waals surface area (Å²) in [6, 6.07) is -0.237. The molecule has 0 amide bonds. The fourth-order valence-corrected chi connectivity index (χ4v) is 3.12. The number of halogens is 1. The number of alkyl halides is 1. The molecule has 0 N–H and O–H groups in total. The van der Waals surface area contributed by atoms with Crippen LogP contribution >= 0.6 is 11.3 Å². The summed E-state index contributed by atoms with van der Waals surface area (Å²) >= 11 is 1.31. The summed E-state index contributed by atoms with van der Waals surface area (Å²) in [6.45, 7) is 4.74. The van der Waals surface area contributed by atoms with Gasteiger partial charge in [-0.2, -0.15) is 0 Å². The van der Waals surface area contributed by atoms with Crippen LogP contribution in [0.5, 0.6) is 0 Å². The van der Waals surface area contributed by atoms with Crippen molar-refractivity contribution in [2.75, 3.05) is 6.67 Å². The van der Waals surface area contributed by atoms with Gasteiger partial charge in [0.05, 0.1) is 11.9 Å². The lowest BCUT2D eigenvalue weighted by atomic mass is 10.2. The lowest BCUT2D eigenvalue weighted by Gasteiger charge is -2.13. The van der Waals surface area contributed by atoms with Crippen molar-refractivity contribution in [3.05, 3.63) is 31.8 Å². The Morgan fingerprint density at radius 1 is 1.39 bits per heavy atom. The van der Waals surface area contributed by atoms with Gasteiger partial charge in [0.2, 0.25) is 0 Å². The van der Waals surface area contributed by atoms with E-state index in [9.17, 15) is 14.0 Å². The average Bonchev–Trinajstić information content (AvgIpc) is 2.66. The van der Waals surface area contributed by atoms with Gasteiger partial charge in [-0.1, -0.05) is 0 Å². The first kappa shape index (κ1) is 13.0. The molecular weight excluding hydrogens is 255 g/mol. The van der Waals surface area contributed by atoms with E-state index >= 15 is 0 Å². The number of fused-ring (bicyclic) bond motifs is 1. The number of hydrogen-bond acceptors (Lipinski definition) is 3. The van der Waals surface area contributed by atoms with E-state index in [1.165, 1.54) is 20.5 Å². The third-order valence-corrected chi connectivity index (χ3v) is 4.01. The molecule has 0 radical (unpaired) electrons. The maximum atomic E-state index is 12.6. The number of rotatable bonds is 3. The van der Waals surface area contributed by atoms with Crippen LogP contribution in [-0.4, -0.2) is 15.8 Å². The van der Waals surface area contributed by atoms with Crippen molar-refractivity contribution in [2.24, 2.45) is 0 Å². The van der Waals surface area contributed by atoms with Gasteiger partial charge in [-0.05, 0) is 31.7 Å². The normalized spacial score (nSPS) is 11.6. The number of thiophene rings is 1. The third-order valence-electron chi connectivity index (χ3n) is 2.89. The quantitative estimate of drug-likeness (QED) is 0.857. The van der Waals surface area contributed by atoms with Gasteiger partial charge >= 0.3 is 5.69 Å².